The zero-order valence-corrected chi connectivity index (χ0v) is 29.4. The van der Waals surface area contributed by atoms with Crippen molar-refractivity contribution in [1.82, 2.24) is 0 Å². The zero-order chi connectivity index (χ0) is 33.1. The molecule has 0 radical (unpaired) electrons. The van der Waals surface area contributed by atoms with Gasteiger partial charge in [0.15, 0.2) is 6.10 Å². The van der Waals surface area contributed by atoms with Crippen LogP contribution in [0.5, 0.6) is 0 Å². The van der Waals surface area contributed by atoms with Gasteiger partial charge in [0.2, 0.25) is 0 Å². The van der Waals surface area contributed by atoms with E-state index in [0.29, 0.717) is 0 Å². The summed E-state index contributed by atoms with van der Waals surface area (Å²) < 4.78 is 16.2. The maximum absolute atomic E-state index is 12.4. The number of hydrogen-bond acceptors (Lipinski definition) is 6. The highest BCUT2D eigenvalue weighted by Crippen LogP contribution is 2.11. The van der Waals surface area contributed by atoms with Gasteiger partial charge >= 0.3 is 17.9 Å². The van der Waals surface area contributed by atoms with E-state index in [1.165, 1.54) is 115 Å². The topological polar surface area (TPSA) is 78.9 Å². The van der Waals surface area contributed by atoms with Gasteiger partial charge in [-0.1, -0.05) is 155 Å². The molecule has 0 amide bonds. The van der Waals surface area contributed by atoms with Crippen molar-refractivity contribution in [3.8, 4) is 0 Å². The van der Waals surface area contributed by atoms with Crippen molar-refractivity contribution in [1.29, 1.82) is 0 Å². The summed E-state index contributed by atoms with van der Waals surface area (Å²) in [6.07, 6.45) is 36.9. The molecule has 0 saturated heterocycles. The molecule has 0 aliphatic heterocycles. The number of esters is 3. The summed E-state index contributed by atoms with van der Waals surface area (Å²) in [5.41, 5.74) is 0. The highest BCUT2D eigenvalue weighted by molar-refractivity contribution is 5.83. The van der Waals surface area contributed by atoms with E-state index in [9.17, 15) is 14.4 Å². The molecular weight excluding hydrogens is 564 g/mol. The Hall–Kier alpha value is -2.37. The molecule has 45 heavy (non-hydrogen) atoms. The van der Waals surface area contributed by atoms with Crippen LogP contribution in [-0.4, -0.2) is 37.2 Å². The average molecular weight is 633 g/mol. The van der Waals surface area contributed by atoms with E-state index in [2.05, 4.69) is 20.8 Å². The first-order chi connectivity index (χ1) is 22.0. The summed E-state index contributed by atoms with van der Waals surface area (Å²) in [6.45, 7) is 6.30. The smallest absolute Gasteiger partial charge is 0.330 e. The number of unbranched alkanes of at least 4 members (excludes halogenated alkanes) is 21. The van der Waals surface area contributed by atoms with Gasteiger partial charge in [-0.25, -0.2) is 14.4 Å². The fourth-order valence-electron chi connectivity index (χ4n) is 4.96. The lowest BCUT2D eigenvalue weighted by Gasteiger charge is -2.16. The predicted molar refractivity (Wildman–Crippen MR) is 187 cm³/mol. The summed E-state index contributed by atoms with van der Waals surface area (Å²) in [7, 11) is 0. The molecule has 0 aromatic carbocycles. The Morgan fingerprint density at radius 3 is 1.04 bits per heavy atom. The molecule has 0 atom stereocenters. The monoisotopic (exact) mass is 633 g/mol. The Morgan fingerprint density at radius 1 is 0.422 bits per heavy atom. The van der Waals surface area contributed by atoms with Gasteiger partial charge in [0, 0.05) is 18.2 Å². The van der Waals surface area contributed by atoms with E-state index in [-0.39, 0.29) is 13.2 Å². The molecule has 0 fully saturated rings. The first-order valence-corrected chi connectivity index (χ1v) is 18.6. The highest BCUT2D eigenvalue weighted by Gasteiger charge is 2.17. The van der Waals surface area contributed by atoms with Crippen LogP contribution in [0.3, 0.4) is 0 Å². The normalized spacial score (nSPS) is 12.3. The van der Waals surface area contributed by atoms with Crippen LogP contribution in [0, 0.1) is 0 Å². The minimum Gasteiger partial charge on any atom is -0.458 e. The van der Waals surface area contributed by atoms with Crippen LogP contribution >= 0.6 is 0 Å². The lowest BCUT2D eigenvalue weighted by Crippen LogP contribution is -2.30. The maximum atomic E-state index is 12.4. The van der Waals surface area contributed by atoms with Crippen molar-refractivity contribution in [2.45, 2.75) is 181 Å². The summed E-state index contributed by atoms with van der Waals surface area (Å²) in [4.78, 5) is 36.9. The van der Waals surface area contributed by atoms with Gasteiger partial charge in [-0.3, -0.25) is 0 Å². The fraction of sp³-hybridized carbons (Fsp3) is 0.769. The molecule has 0 bridgehead atoms. The molecule has 0 N–H and O–H groups in total. The zero-order valence-electron chi connectivity index (χ0n) is 29.4. The van der Waals surface area contributed by atoms with Crippen molar-refractivity contribution in [2.75, 3.05) is 13.2 Å². The molecule has 6 heteroatoms. The number of allylic oxidation sites excluding steroid dienone is 3. The van der Waals surface area contributed by atoms with E-state index in [0.717, 1.165) is 57.8 Å². The molecule has 0 unspecified atom stereocenters. The van der Waals surface area contributed by atoms with E-state index >= 15 is 0 Å². The molecule has 0 aromatic rings. The van der Waals surface area contributed by atoms with Crippen LogP contribution in [0.1, 0.15) is 175 Å². The van der Waals surface area contributed by atoms with Crippen molar-refractivity contribution >= 4 is 17.9 Å². The number of hydrogen-bond donors (Lipinski definition) is 0. The average Bonchev–Trinajstić information content (AvgIpc) is 3.03. The van der Waals surface area contributed by atoms with E-state index in [4.69, 9.17) is 14.2 Å². The van der Waals surface area contributed by atoms with E-state index in [1.54, 1.807) is 0 Å². The number of ether oxygens (including phenoxy) is 3. The molecule has 0 heterocycles. The SMILES string of the molecule is CCCCCCCCCC=CC(=O)OCC(COC(=O)C=CCCCCCCCCC)OC(=O)C=CCCCCCCCCC. The fourth-order valence-corrected chi connectivity index (χ4v) is 4.96. The van der Waals surface area contributed by atoms with Gasteiger partial charge in [-0.05, 0) is 38.5 Å². The second-order valence-electron chi connectivity index (χ2n) is 12.3. The number of rotatable bonds is 32. The van der Waals surface area contributed by atoms with Gasteiger partial charge in [0.05, 0.1) is 0 Å². The number of carbonyl (C=O) groups excluding carboxylic acids is 3. The molecule has 0 aliphatic carbocycles. The Morgan fingerprint density at radius 2 is 0.711 bits per heavy atom. The minimum absolute atomic E-state index is 0.174. The first kappa shape index (κ1) is 42.6. The van der Waals surface area contributed by atoms with Crippen LogP contribution in [0.4, 0.5) is 0 Å². The van der Waals surface area contributed by atoms with Gasteiger partial charge in [-0.15, -0.1) is 0 Å². The molecule has 0 aromatic heterocycles. The molecule has 0 saturated carbocycles. The van der Waals surface area contributed by atoms with Crippen molar-refractivity contribution in [3.05, 3.63) is 36.5 Å². The van der Waals surface area contributed by atoms with E-state index in [1.807, 2.05) is 18.2 Å². The highest BCUT2D eigenvalue weighted by atomic mass is 16.6. The lowest BCUT2D eigenvalue weighted by molar-refractivity contribution is -0.160. The minimum atomic E-state index is -0.873. The molecule has 0 aliphatic rings. The van der Waals surface area contributed by atoms with Crippen molar-refractivity contribution in [2.24, 2.45) is 0 Å². The summed E-state index contributed by atoms with van der Waals surface area (Å²) in [5.74, 6) is -1.51. The predicted octanol–water partition coefficient (Wildman–Crippen LogP) is 11.1. The van der Waals surface area contributed by atoms with Gasteiger partial charge in [0.1, 0.15) is 13.2 Å². The summed E-state index contributed by atoms with van der Waals surface area (Å²) in [5, 5.41) is 0. The molecular formula is C39H68O6. The van der Waals surface area contributed by atoms with Crippen LogP contribution in [0.2, 0.25) is 0 Å². The quantitative estimate of drug-likeness (QED) is 0.0318. The molecule has 0 rings (SSSR count). The van der Waals surface area contributed by atoms with Crippen LogP contribution in [0.15, 0.2) is 36.5 Å². The standard InChI is InChI=1S/C39H68O6/c1-4-7-10-13-16-19-22-25-28-31-37(40)43-34-36(45-39(42)33-30-27-24-21-18-15-12-9-6-3)35-44-38(41)32-29-26-23-20-17-14-11-8-5-2/h28-33,36H,4-27,34-35H2,1-3H3. The van der Waals surface area contributed by atoms with Crippen LogP contribution in [0.25, 0.3) is 0 Å². The third-order valence-corrected chi connectivity index (χ3v) is 7.79. The Bertz CT molecular complexity index is 740. The lowest BCUT2D eigenvalue weighted by atomic mass is 10.1. The largest absolute Gasteiger partial charge is 0.458 e. The Balaban J connectivity index is 4.57. The molecule has 260 valence electrons. The molecule has 0 spiro atoms. The maximum Gasteiger partial charge on any atom is 0.330 e. The first-order valence-electron chi connectivity index (χ1n) is 18.6. The second-order valence-corrected chi connectivity index (χ2v) is 12.3. The second kappa shape index (κ2) is 34.5. The van der Waals surface area contributed by atoms with Gasteiger partial charge in [0.25, 0.3) is 0 Å². The van der Waals surface area contributed by atoms with Crippen LogP contribution < -0.4 is 0 Å². The van der Waals surface area contributed by atoms with Crippen molar-refractivity contribution in [3.63, 3.8) is 0 Å². The summed E-state index contributed by atoms with van der Waals surface area (Å²) >= 11 is 0. The Labute approximate surface area is 276 Å². The third-order valence-electron chi connectivity index (χ3n) is 7.79. The number of carbonyl (C=O) groups is 3. The van der Waals surface area contributed by atoms with Crippen LogP contribution in [-0.2, 0) is 28.6 Å². The third kappa shape index (κ3) is 32.8. The van der Waals surface area contributed by atoms with Gasteiger partial charge < -0.3 is 14.2 Å². The Kier molecular flexibility index (Phi) is 32.7. The summed E-state index contributed by atoms with van der Waals surface area (Å²) in [6, 6.07) is 0. The van der Waals surface area contributed by atoms with Gasteiger partial charge in [-0.2, -0.15) is 0 Å². The van der Waals surface area contributed by atoms with Crippen molar-refractivity contribution < 1.29 is 28.6 Å². The molecule has 6 nitrogen and oxygen atoms in total. The van der Waals surface area contributed by atoms with E-state index < -0.39 is 24.0 Å².